The zero-order valence-corrected chi connectivity index (χ0v) is 14.3. The van der Waals surface area contributed by atoms with Crippen molar-refractivity contribution in [2.24, 2.45) is 0 Å². The van der Waals surface area contributed by atoms with Gasteiger partial charge < -0.3 is 5.32 Å². The minimum absolute atomic E-state index is 0.0915. The number of carbonyl (C=O) groups is 1. The van der Waals surface area contributed by atoms with E-state index in [-0.39, 0.29) is 11.0 Å². The van der Waals surface area contributed by atoms with Crippen molar-refractivity contribution in [3.05, 3.63) is 58.9 Å². The molecule has 0 unspecified atom stereocenters. The highest BCUT2D eigenvalue weighted by atomic mass is 35.5. The molecule has 0 saturated carbocycles. The molecule has 0 atom stereocenters. The van der Waals surface area contributed by atoms with Gasteiger partial charge in [-0.25, -0.2) is 21.6 Å². The fraction of sp³-hybridized carbons (Fsp3) is 0.133. The van der Waals surface area contributed by atoms with E-state index in [0.29, 0.717) is 11.1 Å². The lowest BCUT2D eigenvalue weighted by molar-refractivity contribution is -0.116. The average Bonchev–Trinajstić information content (AvgIpc) is 2.52. The van der Waals surface area contributed by atoms with Gasteiger partial charge in [-0.15, -0.1) is 0 Å². The number of hydrogen-bond donors (Lipinski definition) is 1. The van der Waals surface area contributed by atoms with E-state index in [9.17, 15) is 26.4 Å². The second-order valence-electron chi connectivity index (χ2n) is 5.01. The smallest absolute Gasteiger partial charge is 0.243 e. The summed E-state index contributed by atoms with van der Waals surface area (Å²) < 4.78 is 64.8. The predicted molar refractivity (Wildman–Crippen MR) is 86.2 cm³/mol. The van der Waals surface area contributed by atoms with E-state index in [4.69, 9.17) is 11.6 Å². The molecule has 0 saturated heterocycles. The Morgan fingerprint density at radius 1 is 1.08 bits per heavy atom. The fourth-order valence-electron chi connectivity index (χ4n) is 1.88. The van der Waals surface area contributed by atoms with Gasteiger partial charge in [-0.2, -0.15) is 4.31 Å². The number of anilines is 1. The van der Waals surface area contributed by atoms with Gasteiger partial charge in [0.15, 0.2) is 11.6 Å². The average molecular weight is 393 g/mol. The van der Waals surface area contributed by atoms with Crippen molar-refractivity contribution >= 4 is 33.2 Å². The molecule has 0 heterocycles. The van der Waals surface area contributed by atoms with Crippen molar-refractivity contribution in [1.82, 2.24) is 4.31 Å². The van der Waals surface area contributed by atoms with Crippen LogP contribution in [-0.4, -0.2) is 32.2 Å². The summed E-state index contributed by atoms with van der Waals surface area (Å²) >= 11 is 5.69. The highest BCUT2D eigenvalue weighted by Crippen LogP contribution is 2.20. The van der Waals surface area contributed by atoms with Gasteiger partial charge in [0.1, 0.15) is 5.82 Å². The summed E-state index contributed by atoms with van der Waals surface area (Å²) in [4.78, 5) is 11.8. The second kappa shape index (κ2) is 7.42. The van der Waals surface area contributed by atoms with Crippen LogP contribution < -0.4 is 5.32 Å². The quantitative estimate of drug-likeness (QED) is 0.795. The summed E-state index contributed by atoms with van der Waals surface area (Å²) in [6.45, 7) is -0.663. The molecule has 0 radical (unpaired) electrons. The van der Waals surface area contributed by atoms with Crippen LogP contribution in [0.4, 0.5) is 18.9 Å². The zero-order valence-electron chi connectivity index (χ0n) is 12.8. The van der Waals surface area contributed by atoms with Crippen molar-refractivity contribution in [3.63, 3.8) is 0 Å². The van der Waals surface area contributed by atoms with E-state index in [1.165, 1.54) is 24.3 Å². The molecule has 5 nitrogen and oxygen atoms in total. The molecule has 2 aromatic rings. The van der Waals surface area contributed by atoms with Crippen molar-refractivity contribution in [3.8, 4) is 0 Å². The lowest BCUT2D eigenvalue weighted by Crippen LogP contribution is -2.35. The number of carbonyl (C=O) groups excluding carboxylic acids is 1. The first-order valence-electron chi connectivity index (χ1n) is 6.77. The number of benzene rings is 2. The normalized spacial score (nSPS) is 11.6. The lowest BCUT2D eigenvalue weighted by Gasteiger charge is -2.17. The van der Waals surface area contributed by atoms with Gasteiger partial charge >= 0.3 is 0 Å². The molecule has 0 aliphatic rings. The SMILES string of the molecule is CN(CC(=O)Nc1cc(F)c(F)cc1F)S(=O)(=O)c1ccc(Cl)cc1. The first kappa shape index (κ1) is 19.2. The Balaban J connectivity index is 2.12. The molecular weight excluding hydrogens is 381 g/mol. The number of nitrogens with one attached hydrogen (secondary N) is 1. The Morgan fingerprint density at radius 3 is 2.24 bits per heavy atom. The van der Waals surface area contributed by atoms with Crippen molar-refractivity contribution < 1.29 is 26.4 Å². The molecule has 0 aliphatic heterocycles. The van der Waals surface area contributed by atoms with E-state index >= 15 is 0 Å². The topological polar surface area (TPSA) is 66.5 Å². The molecule has 10 heteroatoms. The second-order valence-corrected chi connectivity index (χ2v) is 7.49. The molecule has 134 valence electrons. The van der Waals surface area contributed by atoms with Crippen LogP contribution in [0.1, 0.15) is 0 Å². The van der Waals surface area contributed by atoms with E-state index in [2.05, 4.69) is 0 Å². The third kappa shape index (κ3) is 4.50. The molecular formula is C15H12ClF3N2O3S. The Hall–Kier alpha value is -2.10. The summed E-state index contributed by atoms with van der Waals surface area (Å²) in [6, 6.07) is 6.02. The maximum absolute atomic E-state index is 13.5. The minimum atomic E-state index is -3.98. The third-order valence-corrected chi connectivity index (χ3v) is 5.24. The van der Waals surface area contributed by atoms with Crippen LogP contribution in [0.3, 0.4) is 0 Å². The Morgan fingerprint density at radius 2 is 1.64 bits per heavy atom. The molecule has 0 fully saturated rings. The Bertz CT molecular complexity index is 905. The number of nitrogens with zero attached hydrogens (tertiary/aromatic N) is 1. The van der Waals surface area contributed by atoms with Gasteiger partial charge in [0, 0.05) is 24.2 Å². The number of hydrogen-bond acceptors (Lipinski definition) is 3. The predicted octanol–water partition coefficient (Wildman–Crippen LogP) is 3.02. The largest absolute Gasteiger partial charge is 0.322 e. The van der Waals surface area contributed by atoms with Crippen molar-refractivity contribution in [2.75, 3.05) is 18.9 Å². The van der Waals surface area contributed by atoms with Crippen LogP contribution in [0.2, 0.25) is 5.02 Å². The summed E-state index contributed by atoms with van der Waals surface area (Å²) in [7, 11) is -2.84. The number of likely N-dealkylation sites (N-methyl/N-ethyl adjacent to an activating group) is 1. The van der Waals surface area contributed by atoms with Crippen LogP contribution in [0, 0.1) is 17.5 Å². The van der Waals surface area contributed by atoms with E-state index < -0.39 is 45.6 Å². The minimum Gasteiger partial charge on any atom is -0.322 e. The summed E-state index contributed by atoms with van der Waals surface area (Å²) in [5.41, 5.74) is -0.596. The molecule has 1 N–H and O–H groups in total. The Kier molecular flexibility index (Phi) is 5.71. The van der Waals surface area contributed by atoms with Crippen LogP contribution >= 0.6 is 11.6 Å². The highest BCUT2D eigenvalue weighted by molar-refractivity contribution is 7.89. The van der Waals surface area contributed by atoms with Gasteiger partial charge in [0.25, 0.3) is 0 Å². The van der Waals surface area contributed by atoms with Gasteiger partial charge in [-0.3, -0.25) is 4.79 Å². The molecule has 0 aromatic heterocycles. The third-order valence-electron chi connectivity index (χ3n) is 3.17. The molecule has 0 spiro atoms. The maximum atomic E-state index is 13.5. The summed E-state index contributed by atoms with van der Waals surface area (Å²) in [5, 5.41) is 2.33. The molecule has 0 aliphatic carbocycles. The molecule has 2 rings (SSSR count). The first-order chi connectivity index (χ1) is 11.6. The van der Waals surface area contributed by atoms with Crippen LogP contribution in [-0.2, 0) is 14.8 Å². The van der Waals surface area contributed by atoms with Crippen LogP contribution in [0.5, 0.6) is 0 Å². The van der Waals surface area contributed by atoms with Gasteiger partial charge in [0.05, 0.1) is 17.1 Å². The molecule has 0 bridgehead atoms. The first-order valence-corrected chi connectivity index (χ1v) is 8.59. The zero-order chi connectivity index (χ0) is 18.8. The van der Waals surface area contributed by atoms with Crippen molar-refractivity contribution in [2.45, 2.75) is 4.90 Å². The van der Waals surface area contributed by atoms with Crippen molar-refractivity contribution in [1.29, 1.82) is 0 Å². The highest BCUT2D eigenvalue weighted by Gasteiger charge is 2.23. The Labute approximate surface area is 147 Å². The maximum Gasteiger partial charge on any atom is 0.243 e. The van der Waals surface area contributed by atoms with E-state index in [1.54, 1.807) is 0 Å². The fourth-order valence-corrected chi connectivity index (χ4v) is 3.13. The number of amides is 1. The summed E-state index contributed by atoms with van der Waals surface area (Å²) in [5.74, 6) is -4.86. The standard InChI is InChI=1S/C15H12ClF3N2O3S/c1-21(25(23,24)10-4-2-9(16)3-5-10)8-15(22)20-14-7-12(18)11(17)6-13(14)19/h2-7H,8H2,1H3,(H,20,22). The molecule has 2 aromatic carbocycles. The van der Waals surface area contributed by atoms with E-state index in [1.807, 2.05) is 5.32 Å². The monoisotopic (exact) mass is 392 g/mol. The van der Waals surface area contributed by atoms with Gasteiger partial charge in [-0.05, 0) is 24.3 Å². The molecule has 25 heavy (non-hydrogen) atoms. The number of sulfonamides is 1. The number of rotatable bonds is 5. The lowest BCUT2D eigenvalue weighted by atomic mass is 10.3. The van der Waals surface area contributed by atoms with Gasteiger partial charge in [0.2, 0.25) is 15.9 Å². The van der Waals surface area contributed by atoms with Crippen LogP contribution in [0.25, 0.3) is 0 Å². The number of halogens is 4. The van der Waals surface area contributed by atoms with Gasteiger partial charge in [-0.1, -0.05) is 11.6 Å². The van der Waals surface area contributed by atoms with Crippen LogP contribution in [0.15, 0.2) is 41.3 Å². The van der Waals surface area contributed by atoms with E-state index in [0.717, 1.165) is 11.4 Å². The summed E-state index contributed by atoms with van der Waals surface area (Å²) in [6.07, 6.45) is 0. The molecule has 1 amide bonds.